The zero-order chi connectivity index (χ0) is 22.1. The molecule has 5 nitrogen and oxygen atoms in total. The molecule has 29 heavy (non-hydrogen) atoms. The lowest BCUT2D eigenvalue weighted by atomic mass is 10.0. The summed E-state index contributed by atoms with van der Waals surface area (Å²) in [6, 6.07) is 8.72. The minimum Gasteiger partial charge on any atom is -0.455 e. The summed E-state index contributed by atoms with van der Waals surface area (Å²) in [5.74, 6) is -1.57. The van der Waals surface area contributed by atoms with Crippen LogP contribution in [0, 0.1) is 0 Å². The van der Waals surface area contributed by atoms with E-state index in [0.29, 0.717) is 5.56 Å². The number of hydrogen-bond acceptors (Lipinski definition) is 5. The van der Waals surface area contributed by atoms with Crippen molar-refractivity contribution in [2.45, 2.75) is 65.1 Å². The van der Waals surface area contributed by atoms with Gasteiger partial charge in [0.05, 0.1) is 19.1 Å². The van der Waals surface area contributed by atoms with Gasteiger partial charge in [-0.3, -0.25) is 9.36 Å². The van der Waals surface area contributed by atoms with Gasteiger partial charge < -0.3 is 13.8 Å². The van der Waals surface area contributed by atoms with Gasteiger partial charge in [0.25, 0.3) is 0 Å². The third-order valence-electron chi connectivity index (χ3n) is 4.24. The zero-order valence-electron chi connectivity index (χ0n) is 17.7. The molecule has 0 amide bonds. The van der Waals surface area contributed by atoms with Gasteiger partial charge in [0.1, 0.15) is 0 Å². The number of esters is 1. The largest absolute Gasteiger partial charge is 0.455 e. The highest BCUT2D eigenvalue weighted by molar-refractivity contribution is 7.55. The second-order valence-corrected chi connectivity index (χ2v) is 8.95. The summed E-state index contributed by atoms with van der Waals surface area (Å²) >= 11 is 0. The van der Waals surface area contributed by atoms with Gasteiger partial charge in [0.2, 0.25) is 0 Å². The van der Waals surface area contributed by atoms with Crippen LogP contribution in [0.2, 0.25) is 0 Å². The Morgan fingerprint density at radius 1 is 1.14 bits per heavy atom. The van der Waals surface area contributed by atoms with E-state index < -0.39 is 31.3 Å². The van der Waals surface area contributed by atoms with E-state index >= 15 is 8.78 Å². The molecule has 0 heterocycles. The summed E-state index contributed by atoms with van der Waals surface area (Å²) in [7, 11) is -4.83. The van der Waals surface area contributed by atoms with E-state index in [1.54, 1.807) is 43.3 Å². The molecule has 2 atom stereocenters. The molecule has 0 aliphatic rings. The van der Waals surface area contributed by atoms with Crippen molar-refractivity contribution in [3.8, 4) is 0 Å². The zero-order valence-corrected chi connectivity index (χ0v) is 18.6. The molecule has 0 spiro atoms. The number of carbonyl (C=O) groups excluding carboxylic acids is 1. The SMILES string of the molecule is CCOP(=O)(OCC)C(F)(F)[C@H](CCC=C(C)C)OC(=O)[C@H](C)c1ccccc1. The van der Waals surface area contributed by atoms with Crippen LogP contribution in [0.15, 0.2) is 42.0 Å². The molecule has 0 aromatic heterocycles. The van der Waals surface area contributed by atoms with Gasteiger partial charge in [-0.1, -0.05) is 42.0 Å². The van der Waals surface area contributed by atoms with Gasteiger partial charge in [0.15, 0.2) is 6.10 Å². The number of benzene rings is 1. The average molecular weight is 432 g/mol. The Morgan fingerprint density at radius 3 is 2.17 bits per heavy atom. The molecule has 164 valence electrons. The van der Waals surface area contributed by atoms with E-state index in [0.717, 1.165) is 5.57 Å². The molecule has 0 aliphatic heterocycles. The fraction of sp³-hybridized carbons (Fsp3) is 0.571. The lowest BCUT2D eigenvalue weighted by Gasteiger charge is -2.32. The van der Waals surface area contributed by atoms with Gasteiger partial charge in [-0.05, 0) is 53.0 Å². The van der Waals surface area contributed by atoms with Crippen molar-refractivity contribution < 1.29 is 31.9 Å². The molecule has 8 heteroatoms. The molecule has 1 rings (SSSR count). The predicted octanol–water partition coefficient (Wildman–Crippen LogP) is 6.31. The molecule has 1 aromatic rings. The topological polar surface area (TPSA) is 61.8 Å². The Labute approximate surface area is 172 Å². The van der Waals surface area contributed by atoms with Gasteiger partial charge in [-0.15, -0.1) is 0 Å². The first kappa shape index (κ1) is 25.5. The average Bonchev–Trinajstić information content (AvgIpc) is 2.67. The molecule has 0 N–H and O–H groups in total. The van der Waals surface area contributed by atoms with Gasteiger partial charge in [0, 0.05) is 0 Å². The van der Waals surface area contributed by atoms with E-state index in [2.05, 4.69) is 0 Å². The summed E-state index contributed by atoms with van der Waals surface area (Å²) in [4.78, 5) is 12.6. The van der Waals surface area contributed by atoms with Crippen LogP contribution in [0.25, 0.3) is 0 Å². The maximum Gasteiger partial charge on any atom is 0.403 e. The Balaban J connectivity index is 3.15. The fourth-order valence-electron chi connectivity index (χ4n) is 2.67. The molecule has 0 unspecified atom stereocenters. The smallest absolute Gasteiger partial charge is 0.403 e. The number of carbonyl (C=O) groups is 1. The van der Waals surface area contributed by atoms with Crippen LogP contribution in [0.4, 0.5) is 8.78 Å². The van der Waals surface area contributed by atoms with Crippen LogP contribution in [0.5, 0.6) is 0 Å². The van der Waals surface area contributed by atoms with E-state index in [1.165, 1.54) is 13.8 Å². The standard InChI is InChI=1S/C21H31F2O5P/c1-6-26-29(25,27-7-2)21(22,23)19(15-11-12-16(3)4)28-20(24)17(5)18-13-9-8-10-14-18/h8-10,12-14,17,19H,6-7,11,15H2,1-5H3/t17-,19+/m1/s1. The Hall–Kier alpha value is -1.56. The van der Waals surface area contributed by atoms with Gasteiger partial charge in [-0.2, -0.15) is 8.78 Å². The predicted molar refractivity (Wildman–Crippen MR) is 109 cm³/mol. The second kappa shape index (κ2) is 11.6. The molecule has 0 radical (unpaired) electrons. The van der Waals surface area contributed by atoms with Crippen molar-refractivity contribution in [3.05, 3.63) is 47.5 Å². The molecular weight excluding hydrogens is 401 g/mol. The van der Waals surface area contributed by atoms with Crippen molar-refractivity contribution in [2.24, 2.45) is 0 Å². The maximum absolute atomic E-state index is 15.3. The third kappa shape index (κ3) is 7.02. The number of ether oxygens (including phenoxy) is 1. The first-order valence-corrected chi connectivity index (χ1v) is 11.3. The van der Waals surface area contributed by atoms with Crippen LogP contribution in [-0.2, 0) is 23.1 Å². The summed E-state index contributed by atoms with van der Waals surface area (Å²) in [6.07, 6.45) is -0.173. The highest BCUT2D eigenvalue weighted by Gasteiger charge is 2.60. The van der Waals surface area contributed by atoms with Crippen molar-refractivity contribution in [1.29, 1.82) is 0 Å². The number of hydrogen-bond donors (Lipinski definition) is 0. The maximum atomic E-state index is 15.3. The van der Waals surface area contributed by atoms with E-state index in [4.69, 9.17) is 13.8 Å². The van der Waals surface area contributed by atoms with Gasteiger partial charge in [-0.25, -0.2) is 0 Å². The number of allylic oxidation sites excluding steroid dienone is 2. The number of rotatable bonds is 12. The molecule has 0 saturated heterocycles. The monoisotopic (exact) mass is 432 g/mol. The minimum absolute atomic E-state index is 0.213. The first-order valence-electron chi connectivity index (χ1n) is 9.74. The van der Waals surface area contributed by atoms with Gasteiger partial charge >= 0.3 is 19.2 Å². The van der Waals surface area contributed by atoms with Crippen molar-refractivity contribution in [1.82, 2.24) is 0 Å². The Kier molecular flexibility index (Phi) is 10.2. The van der Waals surface area contributed by atoms with Crippen LogP contribution in [-0.4, -0.2) is 31.0 Å². The molecule has 0 aliphatic carbocycles. The quantitative estimate of drug-likeness (QED) is 0.220. The van der Waals surface area contributed by atoms with E-state index in [-0.39, 0.29) is 26.1 Å². The molecule has 1 aromatic carbocycles. The van der Waals surface area contributed by atoms with Crippen LogP contribution < -0.4 is 0 Å². The molecular formula is C21H31F2O5P. The lowest BCUT2D eigenvalue weighted by molar-refractivity contribution is -0.165. The summed E-state index contributed by atoms with van der Waals surface area (Å²) < 4.78 is 58.2. The highest BCUT2D eigenvalue weighted by atomic mass is 31.2. The van der Waals surface area contributed by atoms with E-state index in [1.807, 2.05) is 13.8 Å². The second-order valence-electron chi connectivity index (χ2n) is 6.84. The van der Waals surface area contributed by atoms with Crippen LogP contribution in [0.1, 0.15) is 58.9 Å². The minimum atomic E-state index is -4.83. The van der Waals surface area contributed by atoms with Crippen molar-refractivity contribution in [3.63, 3.8) is 0 Å². The lowest BCUT2D eigenvalue weighted by Crippen LogP contribution is -2.39. The molecule has 0 saturated carbocycles. The van der Waals surface area contributed by atoms with Crippen molar-refractivity contribution in [2.75, 3.05) is 13.2 Å². The summed E-state index contributed by atoms with van der Waals surface area (Å²) in [5.41, 5.74) is -2.41. The normalized spacial score (nSPS) is 14.2. The summed E-state index contributed by atoms with van der Waals surface area (Å²) in [5, 5.41) is 0. The van der Waals surface area contributed by atoms with Crippen LogP contribution >= 0.6 is 7.60 Å². The first-order chi connectivity index (χ1) is 13.6. The number of alkyl halides is 2. The van der Waals surface area contributed by atoms with E-state index in [9.17, 15) is 9.36 Å². The highest BCUT2D eigenvalue weighted by Crippen LogP contribution is 2.64. The Bertz CT molecular complexity index is 707. The fourth-order valence-corrected chi connectivity index (χ4v) is 4.31. The summed E-state index contributed by atoms with van der Waals surface area (Å²) in [6.45, 7) is 7.70. The number of halogens is 2. The molecule has 0 bridgehead atoms. The van der Waals surface area contributed by atoms with Crippen molar-refractivity contribution >= 4 is 13.6 Å². The third-order valence-corrected chi connectivity index (χ3v) is 6.46. The van der Waals surface area contributed by atoms with Crippen LogP contribution in [0.3, 0.4) is 0 Å². The Morgan fingerprint density at radius 2 is 1.69 bits per heavy atom. The molecule has 0 fully saturated rings.